The summed E-state index contributed by atoms with van der Waals surface area (Å²) in [4.78, 5) is 32.2. The van der Waals surface area contributed by atoms with Gasteiger partial charge in [-0.2, -0.15) is 0 Å². The van der Waals surface area contributed by atoms with Crippen LogP contribution in [0.25, 0.3) is 0 Å². The predicted octanol–water partition coefficient (Wildman–Crippen LogP) is 2.91. The van der Waals surface area contributed by atoms with Gasteiger partial charge in [-0.25, -0.2) is 4.39 Å². The summed E-state index contributed by atoms with van der Waals surface area (Å²) in [6.45, 7) is 1.68. The molecule has 7 heteroatoms. The van der Waals surface area contributed by atoms with Crippen molar-refractivity contribution in [1.82, 2.24) is 15.1 Å². The van der Waals surface area contributed by atoms with Gasteiger partial charge in [0.25, 0.3) is 11.8 Å². The van der Waals surface area contributed by atoms with Crippen LogP contribution in [-0.2, 0) is 6.54 Å². The average molecular weight is 396 g/mol. The summed E-state index contributed by atoms with van der Waals surface area (Å²) in [5.41, 5.74) is 1.96. The third-order valence-electron chi connectivity index (χ3n) is 4.88. The van der Waals surface area contributed by atoms with E-state index in [9.17, 15) is 14.0 Å². The summed E-state index contributed by atoms with van der Waals surface area (Å²) in [6.07, 6.45) is 1.49. The molecule has 1 N–H and O–H groups in total. The molecule has 2 aromatic carbocycles. The summed E-state index contributed by atoms with van der Waals surface area (Å²) < 4.78 is 13.0. The van der Waals surface area contributed by atoms with E-state index in [4.69, 9.17) is 0 Å². The topological polar surface area (TPSA) is 65.0 Å². The van der Waals surface area contributed by atoms with Crippen molar-refractivity contribution in [3.8, 4) is 0 Å². The number of rotatable bonds is 7. The highest BCUT2D eigenvalue weighted by Gasteiger charge is 2.34. The number of benzene rings is 2. The van der Waals surface area contributed by atoms with E-state index in [1.54, 1.807) is 43.4 Å². The van der Waals surface area contributed by atoms with Gasteiger partial charge in [0.15, 0.2) is 5.96 Å². The van der Waals surface area contributed by atoms with Crippen molar-refractivity contribution in [3.05, 3.63) is 71.0 Å². The molecule has 0 fully saturated rings. The lowest BCUT2D eigenvalue weighted by Gasteiger charge is -2.22. The van der Waals surface area contributed by atoms with Crippen LogP contribution in [0.15, 0.2) is 53.5 Å². The van der Waals surface area contributed by atoms with Gasteiger partial charge in [0, 0.05) is 33.7 Å². The summed E-state index contributed by atoms with van der Waals surface area (Å²) in [5.74, 6) is 0.0498. The van der Waals surface area contributed by atoms with Gasteiger partial charge in [-0.15, -0.1) is 0 Å². The molecular formula is C22H25FN4O2. The monoisotopic (exact) mass is 396 g/mol. The van der Waals surface area contributed by atoms with E-state index in [0.29, 0.717) is 37.2 Å². The highest BCUT2D eigenvalue weighted by molar-refractivity contribution is 6.21. The largest absolute Gasteiger partial charge is 0.356 e. The van der Waals surface area contributed by atoms with Crippen molar-refractivity contribution in [2.24, 2.45) is 4.99 Å². The SMILES string of the molecule is CN=C(NCCCCN1C(=O)c2ccccc2C1=O)N(C)Cc1ccc(F)cc1. The number of halogens is 1. The van der Waals surface area contributed by atoms with Crippen LogP contribution in [0.3, 0.4) is 0 Å². The highest BCUT2D eigenvalue weighted by Crippen LogP contribution is 2.22. The Kier molecular flexibility index (Phi) is 6.59. The number of guanidine groups is 1. The van der Waals surface area contributed by atoms with Crippen LogP contribution in [0.2, 0.25) is 0 Å². The first-order valence-electron chi connectivity index (χ1n) is 9.62. The number of imide groups is 1. The standard InChI is InChI=1S/C22H25FN4O2/c1-24-22(26(2)15-16-9-11-17(23)12-10-16)25-13-5-6-14-27-20(28)18-7-3-4-8-19(18)21(27)29/h3-4,7-12H,5-6,13-15H2,1-2H3,(H,24,25). The Morgan fingerprint density at radius 1 is 1.03 bits per heavy atom. The molecule has 0 saturated heterocycles. The second kappa shape index (κ2) is 9.32. The van der Waals surface area contributed by atoms with Gasteiger partial charge in [-0.1, -0.05) is 24.3 Å². The lowest BCUT2D eigenvalue weighted by molar-refractivity contribution is 0.0652. The Bertz CT molecular complexity index is 876. The lowest BCUT2D eigenvalue weighted by atomic mass is 10.1. The molecule has 0 bridgehead atoms. The Balaban J connectivity index is 1.42. The number of fused-ring (bicyclic) bond motifs is 1. The molecule has 2 aromatic rings. The zero-order valence-electron chi connectivity index (χ0n) is 16.7. The quantitative estimate of drug-likeness (QED) is 0.338. The van der Waals surface area contributed by atoms with Crippen molar-refractivity contribution in [2.45, 2.75) is 19.4 Å². The van der Waals surface area contributed by atoms with Gasteiger partial charge in [-0.3, -0.25) is 19.5 Å². The van der Waals surface area contributed by atoms with Gasteiger partial charge in [-0.05, 0) is 42.7 Å². The molecule has 6 nitrogen and oxygen atoms in total. The summed E-state index contributed by atoms with van der Waals surface area (Å²) >= 11 is 0. The maximum atomic E-state index is 13.0. The van der Waals surface area contributed by atoms with Crippen LogP contribution < -0.4 is 5.32 Å². The number of carbonyl (C=O) groups is 2. The highest BCUT2D eigenvalue weighted by atomic mass is 19.1. The van der Waals surface area contributed by atoms with Crippen molar-refractivity contribution < 1.29 is 14.0 Å². The normalized spacial score (nSPS) is 13.6. The molecule has 1 aliphatic heterocycles. The summed E-state index contributed by atoms with van der Waals surface area (Å²) in [5, 5.41) is 3.28. The van der Waals surface area contributed by atoms with E-state index in [1.807, 2.05) is 11.9 Å². The van der Waals surface area contributed by atoms with Crippen molar-refractivity contribution in [2.75, 3.05) is 27.2 Å². The molecule has 0 aromatic heterocycles. The molecule has 0 saturated carbocycles. The minimum absolute atomic E-state index is 0.214. The number of nitrogens with one attached hydrogen (secondary N) is 1. The number of carbonyl (C=O) groups excluding carboxylic acids is 2. The number of amides is 2. The minimum Gasteiger partial charge on any atom is -0.356 e. The second-order valence-corrected chi connectivity index (χ2v) is 6.97. The van der Waals surface area contributed by atoms with Crippen LogP contribution in [-0.4, -0.2) is 54.8 Å². The van der Waals surface area contributed by atoms with Crippen LogP contribution in [0.4, 0.5) is 4.39 Å². The fourth-order valence-corrected chi connectivity index (χ4v) is 3.36. The van der Waals surface area contributed by atoms with Crippen molar-refractivity contribution in [3.63, 3.8) is 0 Å². The van der Waals surface area contributed by atoms with Crippen LogP contribution in [0, 0.1) is 5.82 Å². The van der Waals surface area contributed by atoms with Crippen molar-refractivity contribution in [1.29, 1.82) is 0 Å². The molecule has 1 heterocycles. The first-order valence-corrected chi connectivity index (χ1v) is 9.62. The Labute approximate surface area is 170 Å². The lowest BCUT2D eigenvalue weighted by Crippen LogP contribution is -2.39. The van der Waals surface area contributed by atoms with E-state index in [0.717, 1.165) is 17.9 Å². The fraction of sp³-hybridized carbons (Fsp3) is 0.318. The van der Waals surface area contributed by atoms with E-state index in [1.165, 1.54) is 17.0 Å². The molecule has 0 radical (unpaired) electrons. The number of hydrogen-bond donors (Lipinski definition) is 1. The molecule has 0 spiro atoms. The smallest absolute Gasteiger partial charge is 0.261 e. The van der Waals surface area contributed by atoms with Crippen LogP contribution >= 0.6 is 0 Å². The Hall–Kier alpha value is -3.22. The first-order chi connectivity index (χ1) is 14.0. The number of hydrogen-bond acceptors (Lipinski definition) is 3. The third kappa shape index (κ3) is 4.80. The zero-order chi connectivity index (χ0) is 20.8. The average Bonchev–Trinajstić information content (AvgIpc) is 2.97. The predicted molar refractivity (Wildman–Crippen MR) is 110 cm³/mol. The minimum atomic E-state index is -0.253. The van der Waals surface area contributed by atoms with E-state index in [-0.39, 0.29) is 17.6 Å². The van der Waals surface area contributed by atoms with E-state index in [2.05, 4.69) is 10.3 Å². The Morgan fingerprint density at radius 2 is 1.66 bits per heavy atom. The fourth-order valence-electron chi connectivity index (χ4n) is 3.36. The third-order valence-corrected chi connectivity index (χ3v) is 4.88. The molecule has 3 rings (SSSR count). The summed E-state index contributed by atoms with van der Waals surface area (Å²) in [7, 11) is 3.62. The second-order valence-electron chi connectivity index (χ2n) is 6.97. The molecule has 2 amide bonds. The maximum absolute atomic E-state index is 13.0. The number of unbranched alkanes of at least 4 members (excludes halogenated alkanes) is 1. The first kappa shape index (κ1) is 20.5. The number of nitrogens with zero attached hydrogens (tertiary/aromatic N) is 3. The molecular weight excluding hydrogens is 371 g/mol. The zero-order valence-corrected chi connectivity index (χ0v) is 16.7. The van der Waals surface area contributed by atoms with Gasteiger partial charge in [0.05, 0.1) is 11.1 Å². The molecule has 0 atom stereocenters. The van der Waals surface area contributed by atoms with E-state index >= 15 is 0 Å². The maximum Gasteiger partial charge on any atom is 0.261 e. The van der Waals surface area contributed by atoms with E-state index < -0.39 is 0 Å². The summed E-state index contributed by atoms with van der Waals surface area (Å²) in [6, 6.07) is 13.3. The Morgan fingerprint density at radius 3 is 2.24 bits per heavy atom. The van der Waals surface area contributed by atoms with Crippen molar-refractivity contribution >= 4 is 17.8 Å². The molecule has 0 aliphatic carbocycles. The van der Waals surface area contributed by atoms with Gasteiger partial charge >= 0.3 is 0 Å². The number of aliphatic imine (C=N–C) groups is 1. The van der Waals surface area contributed by atoms with Gasteiger partial charge in [0.1, 0.15) is 5.82 Å². The van der Waals surface area contributed by atoms with Crippen LogP contribution in [0.5, 0.6) is 0 Å². The molecule has 152 valence electrons. The van der Waals surface area contributed by atoms with Gasteiger partial charge in [0.2, 0.25) is 0 Å². The van der Waals surface area contributed by atoms with Crippen LogP contribution in [0.1, 0.15) is 39.1 Å². The van der Waals surface area contributed by atoms with Gasteiger partial charge < -0.3 is 10.2 Å². The molecule has 29 heavy (non-hydrogen) atoms. The molecule has 0 unspecified atom stereocenters. The molecule has 1 aliphatic rings.